The summed E-state index contributed by atoms with van der Waals surface area (Å²) in [6.07, 6.45) is -0.961. The highest BCUT2D eigenvalue weighted by Crippen LogP contribution is 2.38. The lowest BCUT2D eigenvalue weighted by Crippen LogP contribution is -2.48. The molecule has 0 saturated heterocycles. The van der Waals surface area contributed by atoms with Crippen LogP contribution < -0.4 is 21.0 Å². The Morgan fingerprint density at radius 1 is 1.16 bits per heavy atom. The van der Waals surface area contributed by atoms with Crippen molar-refractivity contribution in [3.8, 4) is 17.7 Å². The highest BCUT2D eigenvalue weighted by atomic mass is 35.5. The zero-order valence-corrected chi connectivity index (χ0v) is 21.3. The molecule has 0 fully saturated rings. The number of alkyl carbamates (subject to hydrolysis) is 1. The van der Waals surface area contributed by atoms with E-state index >= 15 is 0 Å². The number of aromatic nitrogens is 2. The number of imide groups is 1. The first-order valence-corrected chi connectivity index (χ1v) is 11.6. The summed E-state index contributed by atoms with van der Waals surface area (Å²) in [5, 5.41) is 16.9. The normalized spacial score (nSPS) is 11.4. The van der Waals surface area contributed by atoms with Gasteiger partial charge < -0.3 is 14.9 Å². The fourth-order valence-electron chi connectivity index (χ4n) is 3.11. The monoisotopic (exact) mass is 544 g/mol. The zero-order chi connectivity index (χ0) is 26.9. The Kier molecular flexibility index (Phi) is 9.45. The maximum atomic E-state index is 12.2. The molecule has 0 aliphatic carbocycles. The molecule has 0 radical (unpaired) electrons. The minimum absolute atomic E-state index is 0.0689. The van der Waals surface area contributed by atoms with Gasteiger partial charge in [0.1, 0.15) is 0 Å². The van der Waals surface area contributed by atoms with E-state index in [0.29, 0.717) is 5.69 Å². The van der Waals surface area contributed by atoms with Crippen LogP contribution in [0.1, 0.15) is 12.5 Å². The van der Waals surface area contributed by atoms with Crippen molar-refractivity contribution in [2.24, 2.45) is 0 Å². The molecule has 13 heteroatoms. The molecule has 2 aromatic carbocycles. The molecule has 0 aliphatic rings. The van der Waals surface area contributed by atoms with Gasteiger partial charge >= 0.3 is 6.09 Å². The van der Waals surface area contributed by atoms with Crippen LogP contribution in [0, 0.1) is 11.3 Å². The Labute approximate surface area is 222 Å². The largest absolute Gasteiger partial charge is 0.450 e. The Morgan fingerprint density at radius 2 is 1.84 bits per heavy atom. The fraction of sp³-hybridized carbons (Fsp3) is 0.208. The third kappa shape index (κ3) is 7.44. The summed E-state index contributed by atoms with van der Waals surface area (Å²) in [6.45, 7) is 1.90. The lowest BCUT2D eigenvalue weighted by Gasteiger charge is -2.23. The number of benzene rings is 2. The van der Waals surface area contributed by atoms with Gasteiger partial charge in [-0.3, -0.25) is 14.9 Å². The third-order valence-corrected chi connectivity index (χ3v) is 5.35. The average molecular weight is 545 g/mol. The molecule has 11 nitrogen and oxygen atoms in total. The van der Waals surface area contributed by atoms with Gasteiger partial charge in [0.15, 0.2) is 11.8 Å². The maximum absolute atomic E-state index is 12.2. The van der Waals surface area contributed by atoms with Gasteiger partial charge in [0, 0.05) is 19.2 Å². The van der Waals surface area contributed by atoms with Crippen LogP contribution in [-0.4, -0.2) is 46.5 Å². The first kappa shape index (κ1) is 27.5. The number of hydrogen-bond donors (Lipinski definition) is 2. The van der Waals surface area contributed by atoms with E-state index in [9.17, 15) is 19.6 Å². The van der Waals surface area contributed by atoms with Crippen molar-refractivity contribution in [3.63, 3.8) is 0 Å². The summed E-state index contributed by atoms with van der Waals surface area (Å²) >= 11 is 12.8. The highest BCUT2D eigenvalue weighted by molar-refractivity contribution is 6.37. The summed E-state index contributed by atoms with van der Waals surface area (Å²) < 4.78 is 11.7. The SMILES string of the molecule is CCOC(=O)NC(=O)C(C#N)N(C)Nc1cc(Cl)c(Oc2ccc(=O)n(Cc3ccccc3)n2)c(Cl)c1. The first-order valence-electron chi connectivity index (χ1n) is 10.9. The van der Waals surface area contributed by atoms with Crippen molar-refractivity contribution < 1.29 is 19.1 Å². The molecule has 0 bridgehead atoms. The van der Waals surface area contributed by atoms with Crippen LogP contribution in [-0.2, 0) is 16.1 Å². The van der Waals surface area contributed by atoms with E-state index in [1.54, 1.807) is 13.0 Å². The van der Waals surface area contributed by atoms with Gasteiger partial charge in [0.25, 0.3) is 11.5 Å². The molecule has 2 N–H and O–H groups in total. The number of carbonyl (C=O) groups excluding carboxylic acids is 2. The van der Waals surface area contributed by atoms with Crippen molar-refractivity contribution >= 4 is 40.9 Å². The molecule has 0 aliphatic heterocycles. The second-order valence-corrected chi connectivity index (χ2v) is 8.30. The fourth-order valence-corrected chi connectivity index (χ4v) is 3.67. The second-order valence-electron chi connectivity index (χ2n) is 7.49. The molecule has 37 heavy (non-hydrogen) atoms. The Hall–Kier alpha value is -4.11. The quantitative estimate of drug-likeness (QED) is 0.384. The van der Waals surface area contributed by atoms with Gasteiger partial charge in [-0.15, -0.1) is 5.10 Å². The van der Waals surface area contributed by atoms with Crippen LogP contribution >= 0.6 is 23.2 Å². The Balaban J connectivity index is 1.74. The third-order valence-electron chi connectivity index (χ3n) is 4.79. The van der Waals surface area contributed by atoms with Crippen molar-refractivity contribution in [1.82, 2.24) is 20.1 Å². The molecule has 2 amide bonds. The van der Waals surface area contributed by atoms with Gasteiger partial charge in [0.05, 0.1) is 35.0 Å². The lowest BCUT2D eigenvalue weighted by atomic mass is 10.2. The maximum Gasteiger partial charge on any atom is 0.413 e. The number of amides is 2. The summed E-state index contributed by atoms with van der Waals surface area (Å²) in [7, 11) is 1.42. The number of nitriles is 1. The number of nitrogens with one attached hydrogen (secondary N) is 2. The topological polar surface area (TPSA) is 139 Å². The predicted octanol–water partition coefficient (Wildman–Crippen LogP) is 3.81. The van der Waals surface area contributed by atoms with Crippen LogP contribution in [0.5, 0.6) is 11.6 Å². The zero-order valence-electron chi connectivity index (χ0n) is 19.8. The van der Waals surface area contributed by atoms with Crippen LogP contribution in [0.4, 0.5) is 10.5 Å². The molecule has 1 aromatic heterocycles. The van der Waals surface area contributed by atoms with Crippen LogP contribution in [0.15, 0.2) is 59.4 Å². The number of carbonyl (C=O) groups is 2. The van der Waals surface area contributed by atoms with Crippen LogP contribution in [0.25, 0.3) is 0 Å². The standard InChI is InChI=1S/C24H22Cl2N6O5/c1-3-36-24(35)28-23(34)19(13-27)31(2)29-16-11-17(25)22(18(26)12-16)37-20-9-10-21(33)32(30-20)14-15-7-5-4-6-8-15/h4-12,19,29H,3,14H2,1-2H3,(H,28,34,35). The van der Waals surface area contributed by atoms with E-state index < -0.39 is 18.0 Å². The van der Waals surface area contributed by atoms with Gasteiger partial charge in [-0.05, 0) is 24.6 Å². The van der Waals surface area contributed by atoms with Gasteiger partial charge in [-0.2, -0.15) is 5.26 Å². The molecule has 1 heterocycles. The molecule has 0 saturated carbocycles. The molecular weight excluding hydrogens is 523 g/mol. The Bertz CT molecular complexity index is 1350. The van der Waals surface area contributed by atoms with Crippen molar-refractivity contribution in [2.45, 2.75) is 19.5 Å². The van der Waals surface area contributed by atoms with Crippen molar-refractivity contribution in [2.75, 3.05) is 19.1 Å². The van der Waals surface area contributed by atoms with E-state index in [4.69, 9.17) is 27.9 Å². The summed E-state index contributed by atoms with van der Waals surface area (Å²) in [4.78, 5) is 35.9. The van der Waals surface area contributed by atoms with Gasteiger partial charge in [0.2, 0.25) is 5.88 Å². The summed E-state index contributed by atoms with van der Waals surface area (Å²) in [6, 6.07) is 15.4. The van der Waals surface area contributed by atoms with E-state index in [-0.39, 0.29) is 40.4 Å². The molecule has 3 aromatic rings. The molecular formula is C24H22Cl2N6O5. The number of nitrogens with zero attached hydrogens (tertiary/aromatic N) is 4. The van der Waals surface area contributed by atoms with E-state index in [2.05, 4.69) is 15.3 Å². The highest BCUT2D eigenvalue weighted by Gasteiger charge is 2.26. The number of halogens is 2. The minimum Gasteiger partial charge on any atom is -0.450 e. The Morgan fingerprint density at radius 3 is 2.46 bits per heavy atom. The molecule has 1 atom stereocenters. The number of likely N-dealkylation sites (N-methyl/N-ethyl adjacent to an activating group) is 1. The average Bonchev–Trinajstić information content (AvgIpc) is 2.84. The molecule has 192 valence electrons. The van der Waals surface area contributed by atoms with E-state index in [1.807, 2.05) is 35.6 Å². The number of rotatable bonds is 9. The summed E-state index contributed by atoms with van der Waals surface area (Å²) in [5.41, 5.74) is 3.71. The second kappa shape index (κ2) is 12.7. The molecule has 3 rings (SSSR count). The molecule has 1 unspecified atom stereocenters. The number of hydrogen-bond acceptors (Lipinski definition) is 9. The summed E-state index contributed by atoms with van der Waals surface area (Å²) in [5.74, 6) is -0.701. The minimum atomic E-state index is -1.38. The number of hydrazine groups is 1. The van der Waals surface area contributed by atoms with Gasteiger partial charge in [-0.1, -0.05) is 53.5 Å². The van der Waals surface area contributed by atoms with E-state index in [0.717, 1.165) is 10.6 Å². The number of ether oxygens (including phenoxy) is 2. The lowest BCUT2D eigenvalue weighted by molar-refractivity contribution is -0.123. The van der Waals surface area contributed by atoms with Crippen molar-refractivity contribution in [1.29, 1.82) is 5.26 Å². The van der Waals surface area contributed by atoms with Crippen LogP contribution in [0.2, 0.25) is 10.0 Å². The number of anilines is 1. The molecule has 0 spiro atoms. The van der Waals surface area contributed by atoms with Crippen molar-refractivity contribution in [3.05, 3.63) is 80.6 Å². The van der Waals surface area contributed by atoms with E-state index in [1.165, 1.54) is 36.0 Å². The van der Waals surface area contributed by atoms with Gasteiger partial charge in [-0.25, -0.2) is 14.5 Å². The smallest absolute Gasteiger partial charge is 0.413 e. The van der Waals surface area contributed by atoms with Crippen LogP contribution in [0.3, 0.4) is 0 Å². The first-order chi connectivity index (χ1) is 17.7. The predicted molar refractivity (Wildman–Crippen MR) is 137 cm³/mol.